The molecule has 0 aliphatic carbocycles. The topological polar surface area (TPSA) is 102 Å². The van der Waals surface area contributed by atoms with Gasteiger partial charge in [-0.2, -0.15) is 0 Å². The molecule has 0 atom stereocenters. The van der Waals surface area contributed by atoms with Crippen molar-refractivity contribution < 1.29 is 27.5 Å². The Morgan fingerprint density at radius 1 is 1.00 bits per heavy atom. The van der Waals surface area contributed by atoms with Crippen LogP contribution in [0.15, 0.2) is 47.4 Å². The molecular weight excluding hydrogens is 432 g/mol. The first-order valence-electron chi connectivity index (χ1n) is 10.5. The van der Waals surface area contributed by atoms with Gasteiger partial charge in [0.1, 0.15) is 10.6 Å². The highest BCUT2D eigenvalue weighted by molar-refractivity contribution is 7.92. The van der Waals surface area contributed by atoms with E-state index in [9.17, 15) is 18.0 Å². The van der Waals surface area contributed by atoms with Crippen LogP contribution in [-0.4, -0.2) is 52.0 Å². The molecule has 9 heteroatoms. The number of sulfonamides is 1. The van der Waals surface area contributed by atoms with Crippen molar-refractivity contribution in [3.05, 3.63) is 53.6 Å². The number of esters is 1. The Balaban J connectivity index is 1.73. The second-order valence-electron chi connectivity index (χ2n) is 7.71. The van der Waals surface area contributed by atoms with Crippen LogP contribution in [-0.2, 0) is 19.6 Å². The standard InChI is InChI=1S/C23H28N2O6S/c1-17-7-10-19(11-8-17)24-32(28,29)21-15-18(9-12-20(21)30-2)23(27)31-16-22(26)25-13-5-3-4-6-14-25/h7-12,15,24H,3-6,13-14,16H2,1-2H3. The summed E-state index contributed by atoms with van der Waals surface area (Å²) in [5.74, 6) is -0.938. The summed E-state index contributed by atoms with van der Waals surface area (Å²) >= 11 is 0. The number of likely N-dealkylation sites (tertiary alicyclic amines) is 1. The van der Waals surface area contributed by atoms with E-state index in [1.807, 2.05) is 6.92 Å². The second kappa shape index (κ2) is 10.5. The summed E-state index contributed by atoms with van der Waals surface area (Å²) in [6.45, 7) is 2.83. The lowest BCUT2D eigenvalue weighted by Crippen LogP contribution is -2.35. The largest absolute Gasteiger partial charge is 0.495 e. The van der Waals surface area contributed by atoms with Crippen molar-refractivity contribution >= 4 is 27.6 Å². The number of amides is 1. The molecule has 0 spiro atoms. The van der Waals surface area contributed by atoms with Gasteiger partial charge in [-0.05, 0) is 50.1 Å². The summed E-state index contributed by atoms with van der Waals surface area (Å²) in [6.07, 6.45) is 4.05. The summed E-state index contributed by atoms with van der Waals surface area (Å²) in [5, 5.41) is 0. The Morgan fingerprint density at radius 2 is 1.66 bits per heavy atom. The highest BCUT2D eigenvalue weighted by Crippen LogP contribution is 2.27. The van der Waals surface area contributed by atoms with Gasteiger partial charge >= 0.3 is 5.97 Å². The molecule has 32 heavy (non-hydrogen) atoms. The van der Waals surface area contributed by atoms with Crippen LogP contribution in [0.4, 0.5) is 5.69 Å². The molecule has 0 radical (unpaired) electrons. The Bertz CT molecular complexity index is 1060. The molecular formula is C23H28N2O6S. The van der Waals surface area contributed by atoms with E-state index in [1.54, 1.807) is 29.2 Å². The van der Waals surface area contributed by atoms with Crippen LogP contribution >= 0.6 is 0 Å². The van der Waals surface area contributed by atoms with Crippen molar-refractivity contribution in [2.75, 3.05) is 31.5 Å². The van der Waals surface area contributed by atoms with Crippen LogP contribution in [0.1, 0.15) is 41.6 Å². The lowest BCUT2D eigenvalue weighted by atomic mass is 10.2. The predicted molar refractivity (Wildman–Crippen MR) is 120 cm³/mol. The van der Waals surface area contributed by atoms with Gasteiger partial charge in [0.15, 0.2) is 6.61 Å². The average molecular weight is 461 g/mol. The maximum Gasteiger partial charge on any atom is 0.338 e. The number of ether oxygens (including phenoxy) is 2. The second-order valence-corrected chi connectivity index (χ2v) is 9.36. The van der Waals surface area contributed by atoms with E-state index in [2.05, 4.69) is 4.72 Å². The summed E-state index contributed by atoms with van der Waals surface area (Å²) in [7, 11) is -2.69. The number of nitrogens with one attached hydrogen (secondary N) is 1. The van der Waals surface area contributed by atoms with Gasteiger partial charge in [-0.3, -0.25) is 9.52 Å². The number of methoxy groups -OCH3 is 1. The Labute approximate surface area is 188 Å². The molecule has 0 aromatic heterocycles. The highest BCUT2D eigenvalue weighted by atomic mass is 32.2. The van der Waals surface area contributed by atoms with Crippen LogP contribution < -0.4 is 9.46 Å². The molecule has 2 aromatic carbocycles. The number of nitrogens with zero attached hydrogens (tertiary/aromatic N) is 1. The number of hydrogen-bond donors (Lipinski definition) is 1. The Kier molecular flexibility index (Phi) is 7.74. The fourth-order valence-corrected chi connectivity index (χ4v) is 4.72. The SMILES string of the molecule is COc1ccc(C(=O)OCC(=O)N2CCCCCC2)cc1S(=O)(=O)Nc1ccc(C)cc1. The number of rotatable bonds is 7. The van der Waals surface area contributed by atoms with Crippen molar-refractivity contribution in [2.24, 2.45) is 0 Å². The van der Waals surface area contributed by atoms with Crippen LogP contribution in [0, 0.1) is 6.92 Å². The van der Waals surface area contributed by atoms with Crippen molar-refractivity contribution in [3.63, 3.8) is 0 Å². The molecule has 8 nitrogen and oxygen atoms in total. The van der Waals surface area contributed by atoms with Gasteiger partial charge < -0.3 is 14.4 Å². The lowest BCUT2D eigenvalue weighted by Gasteiger charge is -2.20. The fraction of sp³-hybridized carbons (Fsp3) is 0.391. The highest BCUT2D eigenvalue weighted by Gasteiger charge is 2.23. The number of carbonyl (C=O) groups is 2. The van der Waals surface area contributed by atoms with E-state index >= 15 is 0 Å². The zero-order chi connectivity index (χ0) is 23.1. The van der Waals surface area contributed by atoms with Crippen molar-refractivity contribution in [1.82, 2.24) is 4.90 Å². The normalized spacial score (nSPS) is 14.4. The van der Waals surface area contributed by atoms with Crippen LogP contribution in [0.25, 0.3) is 0 Å². The molecule has 0 saturated carbocycles. The minimum absolute atomic E-state index is 0.0127. The predicted octanol–water partition coefficient (Wildman–Crippen LogP) is 3.36. The Morgan fingerprint density at radius 3 is 2.28 bits per heavy atom. The van der Waals surface area contributed by atoms with Crippen molar-refractivity contribution in [1.29, 1.82) is 0 Å². The van der Waals surface area contributed by atoms with Gasteiger partial charge in [-0.25, -0.2) is 13.2 Å². The van der Waals surface area contributed by atoms with Crippen LogP contribution in [0.2, 0.25) is 0 Å². The molecule has 1 aliphatic heterocycles. The third-order valence-electron chi connectivity index (χ3n) is 5.28. The molecule has 0 unspecified atom stereocenters. The fourth-order valence-electron chi connectivity index (χ4n) is 3.47. The first-order chi connectivity index (χ1) is 15.3. The number of anilines is 1. The van der Waals surface area contributed by atoms with Gasteiger partial charge in [-0.1, -0.05) is 30.5 Å². The first-order valence-corrected chi connectivity index (χ1v) is 12.0. The zero-order valence-electron chi connectivity index (χ0n) is 18.3. The van der Waals surface area contributed by atoms with Crippen LogP contribution in [0.5, 0.6) is 5.75 Å². The molecule has 2 aromatic rings. The third-order valence-corrected chi connectivity index (χ3v) is 6.68. The molecule has 1 heterocycles. The van der Waals surface area contributed by atoms with E-state index in [0.717, 1.165) is 31.2 Å². The van der Waals surface area contributed by atoms with Gasteiger partial charge in [0.2, 0.25) is 0 Å². The first kappa shape index (κ1) is 23.6. The zero-order valence-corrected chi connectivity index (χ0v) is 19.1. The summed E-state index contributed by atoms with van der Waals surface area (Å²) in [6, 6.07) is 10.8. The monoisotopic (exact) mass is 460 g/mol. The van der Waals surface area contributed by atoms with E-state index in [-0.39, 0.29) is 28.7 Å². The molecule has 1 amide bonds. The van der Waals surface area contributed by atoms with Gasteiger partial charge in [0, 0.05) is 18.8 Å². The number of aryl methyl sites for hydroxylation is 1. The third kappa shape index (κ3) is 6.00. The molecule has 1 saturated heterocycles. The van der Waals surface area contributed by atoms with E-state index < -0.39 is 16.0 Å². The molecule has 0 bridgehead atoms. The van der Waals surface area contributed by atoms with Crippen molar-refractivity contribution in [2.45, 2.75) is 37.5 Å². The minimum atomic E-state index is -4.04. The quantitative estimate of drug-likeness (QED) is 0.636. The van der Waals surface area contributed by atoms with E-state index in [1.165, 1.54) is 25.3 Å². The van der Waals surface area contributed by atoms with E-state index in [0.29, 0.717) is 18.8 Å². The molecule has 1 fully saturated rings. The molecule has 172 valence electrons. The lowest BCUT2D eigenvalue weighted by molar-refractivity contribution is -0.134. The Hall–Kier alpha value is -3.07. The summed E-state index contributed by atoms with van der Waals surface area (Å²) < 4.78 is 38.7. The number of benzene rings is 2. The van der Waals surface area contributed by atoms with Crippen LogP contribution in [0.3, 0.4) is 0 Å². The summed E-state index contributed by atoms with van der Waals surface area (Å²) in [5.41, 5.74) is 1.39. The minimum Gasteiger partial charge on any atom is -0.495 e. The number of hydrogen-bond acceptors (Lipinski definition) is 6. The molecule has 1 N–H and O–H groups in total. The number of carbonyl (C=O) groups excluding carboxylic acids is 2. The smallest absolute Gasteiger partial charge is 0.338 e. The maximum absolute atomic E-state index is 12.9. The molecule has 3 rings (SSSR count). The van der Waals surface area contributed by atoms with E-state index in [4.69, 9.17) is 9.47 Å². The summed E-state index contributed by atoms with van der Waals surface area (Å²) in [4.78, 5) is 26.4. The maximum atomic E-state index is 12.9. The van der Waals surface area contributed by atoms with Crippen molar-refractivity contribution in [3.8, 4) is 5.75 Å². The van der Waals surface area contributed by atoms with Gasteiger partial charge in [-0.15, -0.1) is 0 Å². The van der Waals surface area contributed by atoms with Gasteiger partial charge in [0.25, 0.3) is 15.9 Å². The van der Waals surface area contributed by atoms with Gasteiger partial charge in [0.05, 0.1) is 12.7 Å². The molecule has 1 aliphatic rings. The average Bonchev–Trinajstić information content (AvgIpc) is 3.08.